The Morgan fingerprint density at radius 1 is 1.58 bits per heavy atom. The second-order valence-electron chi connectivity index (χ2n) is 4.67. The molecule has 0 fully saturated rings. The Morgan fingerprint density at radius 3 is 3.11 bits per heavy atom. The highest BCUT2D eigenvalue weighted by atomic mass is 35.5. The number of rotatable bonds is 3. The van der Waals surface area contributed by atoms with Crippen LogP contribution in [0.25, 0.3) is 0 Å². The summed E-state index contributed by atoms with van der Waals surface area (Å²) in [6.07, 6.45) is 7.88. The van der Waals surface area contributed by atoms with E-state index in [1.807, 2.05) is 10.8 Å². The Labute approximate surface area is 121 Å². The number of aromatic nitrogens is 2. The largest absolute Gasteiger partial charge is 0.481 e. The summed E-state index contributed by atoms with van der Waals surface area (Å²) in [5, 5.41) is 9.07. The Kier molecular flexibility index (Phi) is 4.27. The molecule has 0 aromatic carbocycles. The molecule has 0 bridgehead atoms. The van der Waals surface area contributed by atoms with Gasteiger partial charge in [-0.1, -0.05) is 0 Å². The quantitative estimate of drug-likeness (QED) is 0.947. The second kappa shape index (κ2) is 5.75. The molecule has 2 heterocycles. The van der Waals surface area contributed by atoms with E-state index in [1.165, 1.54) is 15.3 Å². The molecule has 1 aliphatic carbocycles. The van der Waals surface area contributed by atoms with E-state index in [9.17, 15) is 4.79 Å². The second-order valence-corrected chi connectivity index (χ2v) is 5.90. The van der Waals surface area contributed by atoms with Crippen molar-refractivity contribution in [2.24, 2.45) is 5.92 Å². The molecule has 0 radical (unpaired) electrons. The predicted octanol–water partition coefficient (Wildman–Crippen LogP) is 2.60. The van der Waals surface area contributed by atoms with E-state index in [4.69, 9.17) is 5.11 Å². The molecule has 1 atom stereocenters. The fourth-order valence-electron chi connectivity index (χ4n) is 2.43. The standard InChI is InChI=1S/C13H14N2O2S.ClH/c16-13(17)9-1-2-12-10(5-9)6-11(18-12)7-15-4-3-14-8-15;/h3-4,6,8-9H,1-2,5,7H2,(H,16,17);1H. The van der Waals surface area contributed by atoms with Crippen molar-refractivity contribution in [1.82, 2.24) is 9.55 Å². The minimum absolute atomic E-state index is 0. The van der Waals surface area contributed by atoms with E-state index in [2.05, 4.69) is 11.1 Å². The summed E-state index contributed by atoms with van der Waals surface area (Å²) in [6.45, 7) is 0.829. The van der Waals surface area contributed by atoms with Gasteiger partial charge in [0, 0.05) is 22.1 Å². The van der Waals surface area contributed by atoms with E-state index >= 15 is 0 Å². The van der Waals surface area contributed by atoms with Gasteiger partial charge in [0.05, 0.1) is 18.8 Å². The van der Waals surface area contributed by atoms with Crippen LogP contribution < -0.4 is 0 Å². The Morgan fingerprint density at radius 2 is 2.42 bits per heavy atom. The summed E-state index contributed by atoms with van der Waals surface area (Å²) in [5.74, 6) is -0.865. The van der Waals surface area contributed by atoms with Crippen LogP contribution in [0.15, 0.2) is 24.8 Å². The molecular formula is C13H15ClN2O2S. The molecule has 2 aromatic heterocycles. The van der Waals surface area contributed by atoms with Crippen LogP contribution in [-0.4, -0.2) is 20.6 Å². The molecule has 0 amide bonds. The number of carboxylic acids is 1. The molecule has 0 saturated heterocycles. The zero-order valence-electron chi connectivity index (χ0n) is 10.3. The Hall–Kier alpha value is -1.33. The minimum Gasteiger partial charge on any atom is -0.481 e. The lowest BCUT2D eigenvalue weighted by molar-refractivity contribution is -0.142. The molecule has 1 unspecified atom stereocenters. The fraction of sp³-hybridized carbons (Fsp3) is 0.385. The molecule has 6 heteroatoms. The number of thiophene rings is 1. The number of fused-ring (bicyclic) bond motifs is 1. The zero-order valence-corrected chi connectivity index (χ0v) is 11.9. The third-order valence-corrected chi connectivity index (χ3v) is 4.60. The third kappa shape index (κ3) is 2.98. The fourth-order valence-corrected chi connectivity index (χ4v) is 3.66. The monoisotopic (exact) mass is 298 g/mol. The highest BCUT2D eigenvalue weighted by molar-refractivity contribution is 7.12. The van der Waals surface area contributed by atoms with Gasteiger partial charge in [0.1, 0.15) is 0 Å². The topological polar surface area (TPSA) is 55.1 Å². The first-order chi connectivity index (χ1) is 8.72. The molecule has 3 rings (SSSR count). The molecule has 19 heavy (non-hydrogen) atoms. The van der Waals surface area contributed by atoms with Crippen molar-refractivity contribution >= 4 is 29.7 Å². The molecule has 4 nitrogen and oxygen atoms in total. The van der Waals surface area contributed by atoms with E-state index in [1.54, 1.807) is 23.9 Å². The van der Waals surface area contributed by atoms with Gasteiger partial charge in [-0.25, -0.2) is 4.98 Å². The first-order valence-electron chi connectivity index (χ1n) is 6.01. The Bertz CT molecular complexity index is 565. The number of hydrogen-bond donors (Lipinski definition) is 1. The van der Waals surface area contributed by atoms with Crippen molar-refractivity contribution in [3.8, 4) is 0 Å². The molecular weight excluding hydrogens is 284 g/mol. The highest BCUT2D eigenvalue weighted by Gasteiger charge is 2.25. The minimum atomic E-state index is -0.664. The average molecular weight is 299 g/mol. The molecule has 0 aliphatic heterocycles. The van der Waals surface area contributed by atoms with Crippen LogP contribution in [0.4, 0.5) is 0 Å². The number of carboxylic acid groups (broad SMARTS) is 1. The maximum Gasteiger partial charge on any atom is 0.306 e. The number of aryl methyl sites for hydroxylation is 1. The number of nitrogens with zero attached hydrogens (tertiary/aromatic N) is 2. The van der Waals surface area contributed by atoms with Crippen LogP contribution in [-0.2, 0) is 24.2 Å². The predicted molar refractivity (Wildman–Crippen MR) is 76.0 cm³/mol. The van der Waals surface area contributed by atoms with Gasteiger partial charge in [0.25, 0.3) is 0 Å². The molecule has 0 spiro atoms. The van der Waals surface area contributed by atoms with Gasteiger partial charge < -0.3 is 9.67 Å². The van der Waals surface area contributed by atoms with Gasteiger partial charge in [0.2, 0.25) is 0 Å². The summed E-state index contributed by atoms with van der Waals surface area (Å²) >= 11 is 1.81. The summed E-state index contributed by atoms with van der Waals surface area (Å²) in [5.41, 5.74) is 1.23. The van der Waals surface area contributed by atoms with Gasteiger partial charge in [-0.2, -0.15) is 0 Å². The molecule has 2 aromatic rings. The molecule has 102 valence electrons. The smallest absolute Gasteiger partial charge is 0.306 e. The van der Waals surface area contributed by atoms with Crippen LogP contribution in [0.3, 0.4) is 0 Å². The van der Waals surface area contributed by atoms with E-state index in [0.717, 1.165) is 19.4 Å². The van der Waals surface area contributed by atoms with Crippen LogP contribution in [0.2, 0.25) is 0 Å². The Balaban J connectivity index is 0.00000133. The molecule has 1 aliphatic rings. The number of imidazole rings is 1. The lowest BCUT2D eigenvalue weighted by Crippen LogP contribution is -2.20. The van der Waals surface area contributed by atoms with Gasteiger partial charge in [-0.3, -0.25) is 4.79 Å². The zero-order chi connectivity index (χ0) is 12.5. The number of hydrogen-bond acceptors (Lipinski definition) is 3. The maximum atomic E-state index is 11.0. The van der Waals surface area contributed by atoms with Crippen molar-refractivity contribution in [1.29, 1.82) is 0 Å². The first-order valence-corrected chi connectivity index (χ1v) is 6.83. The SMILES string of the molecule is Cl.O=C(O)C1CCc2sc(Cn3ccnc3)cc2C1. The van der Waals surface area contributed by atoms with E-state index in [-0.39, 0.29) is 18.3 Å². The van der Waals surface area contributed by atoms with Crippen LogP contribution in [0, 0.1) is 5.92 Å². The lowest BCUT2D eigenvalue weighted by atomic mass is 9.88. The van der Waals surface area contributed by atoms with Gasteiger partial charge in [-0.15, -0.1) is 23.7 Å². The van der Waals surface area contributed by atoms with Crippen molar-refractivity contribution < 1.29 is 9.90 Å². The average Bonchev–Trinajstić information content (AvgIpc) is 2.96. The summed E-state index contributed by atoms with van der Waals surface area (Å²) < 4.78 is 2.03. The number of carbonyl (C=O) groups is 1. The van der Waals surface area contributed by atoms with Crippen molar-refractivity contribution in [3.63, 3.8) is 0 Å². The number of aliphatic carboxylic acids is 1. The van der Waals surface area contributed by atoms with Gasteiger partial charge >= 0.3 is 5.97 Å². The summed E-state index contributed by atoms with van der Waals surface area (Å²) in [6, 6.07) is 2.16. The van der Waals surface area contributed by atoms with Crippen molar-refractivity contribution in [3.05, 3.63) is 40.1 Å². The van der Waals surface area contributed by atoms with Crippen LogP contribution in [0.1, 0.15) is 21.7 Å². The molecule has 0 saturated carbocycles. The first kappa shape index (κ1) is 14.1. The van der Waals surface area contributed by atoms with E-state index < -0.39 is 5.97 Å². The highest BCUT2D eigenvalue weighted by Crippen LogP contribution is 2.32. The van der Waals surface area contributed by atoms with Crippen LogP contribution in [0.5, 0.6) is 0 Å². The van der Waals surface area contributed by atoms with Crippen molar-refractivity contribution in [2.45, 2.75) is 25.8 Å². The van der Waals surface area contributed by atoms with Gasteiger partial charge in [-0.05, 0) is 30.9 Å². The van der Waals surface area contributed by atoms with E-state index in [0.29, 0.717) is 6.42 Å². The summed E-state index contributed by atoms with van der Waals surface area (Å²) in [4.78, 5) is 17.7. The summed E-state index contributed by atoms with van der Waals surface area (Å²) in [7, 11) is 0. The van der Waals surface area contributed by atoms with Gasteiger partial charge in [0.15, 0.2) is 0 Å². The lowest BCUT2D eigenvalue weighted by Gasteiger charge is -2.17. The molecule has 1 N–H and O–H groups in total. The van der Waals surface area contributed by atoms with Crippen LogP contribution >= 0.6 is 23.7 Å². The number of halogens is 1. The van der Waals surface area contributed by atoms with Crippen molar-refractivity contribution in [2.75, 3.05) is 0 Å². The maximum absolute atomic E-state index is 11.0. The normalized spacial score (nSPS) is 17.6. The third-order valence-electron chi connectivity index (χ3n) is 3.38.